The Morgan fingerprint density at radius 2 is 1.88 bits per heavy atom. The van der Waals surface area contributed by atoms with Gasteiger partial charge >= 0.3 is 11.6 Å². The van der Waals surface area contributed by atoms with E-state index in [9.17, 15) is 9.59 Å². The van der Waals surface area contributed by atoms with Crippen LogP contribution in [0.2, 0.25) is 0 Å². The molecule has 24 heavy (non-hydrogen) atoms. The topological polar surface area (TPSA) is 65.7 Å². The largest absolute Gasteiger partial charge is 0.479 e. The SMILES string of the molecule is CCCOC(=O)[C@@H](C)Oc1ccc2c(c1)oc(=O)c1ccccc12. The molecule has 5 nitrogen and oxygen atoms in total. The number of carbonyl (C=O) groups excluding carboxylic acids is 1. The first-order valence-corrected chi connectivity index (χ1v) is 7.89. The van der Waals surface area contributed by atoms with E-state index in [4.69, 9.17) is 13.9 Å². The molecule has 0 aliphatic rings. The van der Waals surface area contributed by atoms with Crippen LogP contribution in [0.25, 0.3) is 21.7 Å². The van der Waals surface area contributed by atoms with E-state index in [0.29, 0.717) is 23.3 Å². The summed E-state index contributed by atoms with van der Waals surface area (Å²) in [6.07, 6.45) is 0.0216. The smallest absolute Gasteiger partial charge is 0.347 e. The van der Waals surface area contributed by atoms with Crippen LogP contribution < -0.4 is 10.4 Å². The lowest BCUT2D eigenvalue weighted by Gasteiger charge is -2.14. The zero-order chi connectivity index (χ0) is 17.1. The van der Waals surface area contributed by atoms with Crippen LogP contribution in [-0.2, 0) is 9.53 Å². The first-order valence-electron chi connectivity index (χ1n) is 7.89. The fourth-order valence-corrected chi connectivity index (χ4v) is 2.51. The molecule has 0 aliphatic carbocycles. The first kappa shape index (κ1) is 16.1. The summed E-state index contributed by atoms with van der Waals surface area (Å²) in [4.78, 5) is 23.8. The monoisotopic (exact) mass is 326 g/mol. The van der Waals surface area contributed by atoms with E-state index in [1.807, 2.05) is 25.1 Å². The summed E-state index contributed by atoms with van der Waals surface area (Å²) in [7, 11) is 0. The Bertz CT molecular complexity index is 941. The van der Waals surface area contributed by atoms with E-state index in [1.54, 1.807) is 31.2 Å². The van der Waals surface area contributed by atoms with E-state index in [-0.39, 0.29) is 0 Å². The van der Waals surface area contributed by atoms with Gasteiger partial charge in [-0.25, -0.2) is 9.59 Å². The van der Waals surface area contributed by atoms with E-state index in [1.165, 1.54) is 0 Å². The molecule has 0 aliphatic heterocycles. The van der Waals surface area contributed by atoms with Gasteiger partial charge in [0.2, 0.25) is 0 Å². The van der Waals surface area contributed by atoms with Gasteiger partial charge in [-0.05, 0) is 36.9 Å². The van der Waals surface area contributed by atoms with Crippen molar-refractivity contribution in [2.24, 2.45) is 0 Å². The molecule has 0 saturated carbocycles. The molecule has 1 aromatic heterocycles. The normalized spacial score (nSPS) is 12.2. The Kier molecular flexibility index (Phi) is 4.51. The van der Waals surface area contributed by atoms with Gasteiger partial charge in [-0.15, -0.1) is 0 Å². The molecule has 2 aromatic carbocycles. The molecule has 0 amide bonds. The molecule has 5 heteroatoms. The van der Waals surface area contributed by atoms with Gasteiger partial charge in [0, 0.05) is 11.5 Å². The van der Waals surface area contributed by atoms with Crippen LogP contribution in [0.1, 0.15) is 20.3 Å². The number of ether oxygens (including phenoxy) is 2. The summed E-state index contributed by atoms with van der Waals surface area (Å²) >= 11 is 0. The third kappa shape index (κ3) is 3.11. The Morgan fingerprint density at radius 1 is 1.12 bits per heavy atom. The van der Waals surface area contributed by atoms with Crippen LogP contribution in [0.3, 0.4) is 0 Å². The lowest BCUT2D eigenvalue weighted by molar-refractivity contribution is -0.151. The van der Waals surface area contributed by atoms with Crippen molar-refractivity contribution in [2.45, 2.75) is 26.4 Å². The van der Waals surface area contributed by atoms with E-state index >= 15 is 0 Å². The highest BCUT2D eigenvalue weighted by atomic mass is 16.6. The second kappa shape index (κ2) is 6.74. The summed E-state index contributed by atoms with van der Waals surface area (Å²) in [5.41, 5.74) is 0.0241. The fraction of sp³-hybridized carbons (Fsp3) is 0.263. The summed E-state index contributed by atoms with van der Waals surface area (Å²) < 4.78 is 16.0. The van der Waals surface area contributed by atoms with Gasteiger partial charge in [0.1, 0.15) is 11.3 Å². The molecule has 0 fully saturated rings. The molecule has 0 radical (unpaired) electrons. The maximum atomic E-state index is 12.1. The standard InChI is InChI=1S/C19H18O5/c1-3-10-22-18(20)12(2)23-13-8-9-15-14-6-4-5-7-16(14)19(21)24-17(15)11-13/h4-9,11-12H,3,10H2,1-2H3/t12-/m1/s1. The number of carbonyl (C=O) groups is 1. The quantitative estimate of drug-likeness (QED) is 0.407. The van der Waals surface area contributed by atoms with Crippen LogP contribution in [0.4, 0.5) is 0 Å². The molecule has 0 spiro atoms. The Balaban J connectivity index is 1.93. The Labute approximate surface area is 138 Å². The van der Waals surface area contributed by atoms with Crippen LogP contribution in [0.5, 0.6) is 5.75 Å². The second-order valence-electron chi connectivity index (χ2n) is 5.52. The Morgan fingerprint density at radius 3 is 2.62 bits per heavy atom. The van der Waals surface area contributed by atoms with E-state index in [0.717, 1.165) is 17.2 Å². The number of benzene rings is 2. The van der Waals surface area contributed by atoms with Gasteiger partial charge in [-0.3, -0.25) is 0 Å². The maximum Gasteiger partial charge on any atom is 0.347 e. The highest BCUT2D eigenvalue weighted by Gasteiger charge is 2.17. The lowest BCUT2D eigenvalue weighted by atomic mass is 10.1. The van der Waals surface area contributed by atoms with E-state index < -0.39 is 17.7 Å². The van der Waals surface area contributed by atoms with Crippen molar-refractivity contribution < 1.29 is 18.7 Å². The minimum absolute atomic E-state index is 0.366. The van der Waals surface area contributed by atoms with E-state index in [2.05, 4.69) is 0 Å². The molecule has 0 bridgehead atoms. The molecule has 1 heterocycles. The molecule has 0 N–H and O–H groups in total. The van der Waals surface area contributed by atoms with Crippen molar-refractivity contribution in [3.63, 3.8) is 0 Å². The van der Waals surface area contributed by atoms with Crippen molar-refractivity contribution >= 4 is 27.7 Å². The highest BCUT2D eigenvalue weighted by molar-refractivity contribution is 6.04. The van der Waals surface area contributed by atoms with Gasteiger partial charge in [0.15, 0.2) is 6.10 Å². The zero-order valence-corrected chi connectivity index (χ0v) is 13.6. The van der Waals surface area contributed by atoms with Crippen LogP contribution >= 0.6 is 0 Å². The maximum absolute atomic E-state index is 12.1. The molecule has 124 valence electrons. The second-order valence-corrected chi connectivity index (χ2v) is 5.52. The average molecular weight is 326 g/mol. The number of hydrogen-bond donors (Lipinski definition) is 0. The van der Waals surface area contributed by atoms with Crippen LogP contribution in [-0.4, -0.2) is 18.7 Å². The molecule has 1 atom stereocenters. The molecular formula is C19H18O5. The number of hydrogen-bond acceptors (Lipinski definition) is 5. The third-order valence-corrected chi connectivity index (χ3v) is 3.69. The fourth-order valence-electron chi connectivity index (χ4n) is 2.51. The molecule has 3 aromatic rings. The van der Waals surface area contributed by atoms with Gasteiger partial charge < -0.3 is 13.9 Å². The van der Waals surface area contributed by atoms with Gasteiger partial charge in [0.05, 0.1) is 12.0 Å². The van der Waals surface area contributed by atoms with Crippen molar-refractivity contribution in [1.82, 2.24) is 0 Å². The van der Waals surface area contributed by atoms with Gasteiger partial charge in [-0.2, -0.15) is 0 Å². The van der Waals surface area contributed by atoms with Gasteiger partial charge in [-0.1, -0.05) is 25.1 Å². The van der Waals surface area contributed by atoms with Crippen LogP contribution in [0, 0.1) is 0 Å². The number of esters is 1. The first-order chi connectivity index (χ1) is 11.6. The summed E-state index contributed by atoms with van der Waals surface area (Å²) in [6, 6.07) is 12.5. The zero-order valence-electron chi connectivity index (χ0n) is 13.6. The number of fused-ring (bicyclic) bond motifs is 3. The third-order valence-electron chi connectivity index (χ3n) is 3.69. The van der Waals surface area contributed by atoms with Gasteiger partial charge in [0.25, 0.3) is 0 Å². The summed E-state index contributed by atoms with van der Waals surface area (Å²) in [6.45, 7) is 3.92. The predicted octanol–water partition coefficient (Wildman–Crippen LogP) is 3.67. The van der Waals surface area contributed by atoms with Crippen molar-refractivity contribution in [3.05, 3.63) is 52.9 Å². The summed E-state index contributed by atoms with van der Waals surface area (Å²) in [5.74, 6) is 0.0267. The van der Waals surface area contributed by atoms with Crippen molar-refractivity contribution in [2.75, 3.05) is 6.61 Å². The molecular weight excluding hydrogens is 308 g/mol. The molecule has 0 saturated heterocycles. The summed E-state index contributed by atoms with van der Waals surface area (Å²) in [5, 5.41) is 2.18. The molecule has 3 rings (SSSR count). The minimum Gasteiger partial charge on any atom is -0.479 e. The highest BCUT2D eigenvalue weighted by Crippen LogP contribution is 2.26. The van der Waals surface area contributed by atoms with Crippen molar-refractivity contribution in [1.29, 1.82) is 0 Å². The van der Waals surface area contributed by atoms with Crippen molar-refractivity contribution in [3.8, 4) is 5.75 Å². The minimum atomic E-state index is -0.735. The predicted molar refractivity (Wildman–Crippen MR) is 91.3 cm³/mol. The molecule has 0 unspecified atom stereocenters. The Hall–Kier alpha value is -2.82. The average Bonchev–Trinajstić information content (AvgIpc) is 2.59. The number of rotatable bonds is 5. The lowest BCUT2D eigenvalue weighted by Crippen LogP contribution is -2.26. The van der Waals surface area contributed by atoms with Crippen LogP contribution in [0.15, 0.2) is 51.7 Å².